The fourth-order valence-corrected chi connectivity index (χ4v) is 3.25. The molecule has 1 saturated carbocycles. The molecule has 1 aliphatic carbocycles. The molecule has 1 aromatic carbocycles. The Morgan fingerprint density at radius 3 is 2.63 bits per heavy atom. The highest BCUT2D eigenvalue weighted by atomic mass is 35.5. The first kappa shape index (κ1) is 14.8. The van der Waals surface area contributed by atoms with Crippen molar-refractivity contribution in [3.05, 3.63) is 35.1 Å². The number of halogens is 2. The van der Waals surface area contributed by atoms with E-state index < -0.39 is 0 Å². The highest BCUT2D eigenvalue weighted by Crippen LogP contribution is 2.27. The molecule has 19 heavy (non-hydrogen) atoms. The summed E-state index contributed by atoms with van der Waals surface area (Å²) < 4.78 is 13.3. The first-order valence-electron chi connectivity index (χ1n) is 7.18. The van der Waals surface area contributed by atoms with Gasteiger partial charge < -0.3 is 4.90 Å². The average Bonchev–Trinajstić information content (AvgIpc) is 2.42. The second-order valence-corrected chi connectivity index (χ2v) is 6.23. The van der Waals surface area contributed by atoms with Crippen LogP contribution in [0.3, 0.4) is 0 Å². The predicted molar refractivity (Wildman–Crippen MR) is 79.2 cm³/mol. The van der Waals surface area contributed by atoms with Crippen molar-refractivity contribution in [2.24, 2.45) is 0 Å². The molecular weight excluding hydrogens is 261 g/mol. The van der Waals surface area contributed by atoms with Gasteiger partial charge in [0.1, 0.15) is 5.82 Å². The van der Waals surface area contributed by atoms with Crippen LogP contribution < -0.4 is 0 Å². The van der Waals surface area contributed by atoms with Crippen LogP contribution >= 0.6 is 11.6 Å². The van der Waals surface area contributed by atoms with Crippen LogP contribution in [0.1, 0.15) is 48.6 Å². The third-order valence-corrected chi connectivity index (χ3v) is 4.58. The Hall–Kier alpha value is -0.600. The highest BCUT2D eigenvalue weighted by molar-refractivity contribution is 6.21. The van der Waals surface area contributed by atoms with Gasteiger partial charge in [-0.1, -0.05) is 31.4 Å². The van der Waals surface area contributed by atoms with Crippen LogP contribution in [-0.4, -0.2) is 24.5 Å². The van der Waals surface area contributed by atoms with Crippen molar-refractivity contribution in [2.75, 3.05) is 13.6 Å². The molecule has 3 heteroatoms. The van der Waals surface area contributed by atoms with Crippen molar-refractivity contribution >= 4 is 11.6 Å². The monoisotopic (exact) mass is 283 g/mol. The smallest absolute Gasteiger partial charge is 0.126 e. The minimum atomic E-state index is -0.159. The van der Waals surface area contributed by atoms with Gasteiger partial charge in [-0.2, -0.15) is 0 Å². The maximum Gasteiger partial charge on any atom is 0.126 e. The quantitative estimate of drug-likeness (QED) is 0.725. The number of likely N-dealkylation sites (N-methyl/N-ethyl adjacent to an activating group) is 1. The number of benzene rings is 1. The molecule has 1 aliphatic rings. The van der Waals surface area contributed by atoms with E-state index in [1.807, 2.05) is 6.07 Å². The van der Waals surface area contributed by atoms with Gasteiger partial charge in [-0.25, -0.2) is 4.39 Å². The van der Waals surface area contributed by atoms with E-state index in [1.54, 1.807) is 13.0 Å². The summed E-state index contributed by atoms with van der Waals surface area (Å²) in [5.74, 6) is -0.159. The number of aryl methyl sites for hydroxylation is 1. The zero-order valence-electron chi connectivity index (χ0n) is 11.8. The zero-order valence-corrected chi connectivity index (χ0v) is 12.6. The largest absolute Gasteiger partial charge is 0.302 e. The molecule has 0 aliphatic heterocycles. The Labute approximate surface area is 120 Å². The van der Waals surface area contributed by atoms with E-state index in [2.05, 4.69) is 11.9 Å². The summed E-state index contributed by atoms with van der Waals surface area (Å²) in [5.41, 5.74) is 1.69. The van der Waals surface area contributed by atoms with Gasteiger partial charge in [-0.15, -0.1) is 11.6 Å². The maximum atomic E-state index is 13.3. The topological polar surface area (TPSA) is 3.24 Å². The normalized spacial score (nSPS) is 18.8. The van der Waals surface area contributed by atoms with Crippen LogP contribution in [0.4, 0.5) is 4.39 Å². The number of hydrogen-bond acceptors (Lipinski definition) is 1. The Bertz CT molecular complexity index is 415. The zero-order chi connectivity index (χ0) is 13.8. The molecule has 0 amide bonds. The van der Waals surface area contributed by atoms with Crippen LogP contribution in [0.25, 0.3) is 0 Å². The van der Waals surface area contributed by atoms with Crippen LogP contribution in [-0.2, 0) is 0 Å². The molecule has 0 bridgehead atoms. The van der Waals surface area contributed by atoms with E-state index in [4.69, 9.17) is 11.6 Å². The molecule has 0 saturated heterocycles. The predicted octanol–water partition coefficient (Wildman–Crippen LogP) is 4.68. The van der Waals surface area contributed by atoms with E-state index in [0.717, 1.165) is 12.1 Å². The third kappa shape index (κ3) is 3.93. The number of hydrogen-bond donors (Lipinski definition) is 0. The van der Waals surface area contributed by atoms with Crippen molar-refractivity contribution in [3.63, 3.8) is 0 Å². The van der Waals surface area contributed by atoms with Gasteiger partial charge in [-0.05, 0) is 44.0 Å². The molecule has 106 valence electrons. The number of nitrogens with zero attached hydrogens (tertiary/aromatic N) is 1. The Kier molecular flexibility index (Phi) is 5.23. The molecule has 0 heterocycles. The van der Waals surface area contributed by atoms with Gasteiger partial charge in [0.2, 0.25) is 0 Å². The standard InChI is InChI=1S/C16H23ClFN/c1-12-10-13(8-9-16(12)18)15(17)11-19(2)14-6-4-3-5-7-14/h8-10,14-15H,3-7,11H2,1-2H3. The van der Waals surface area contributed by atoms with Crippen LogP contribution in [0.2, 0.25) is 0 Å². The third-order valence-electron chi connectivity index (χ3n) is 4.19. The Morgan fingerprint density at radius 2 is 2.00 bits per heavy atom. The summed E-state index contributed by atoms with van der Waals surface area (Å²) in [4.78, 5) is 2.37. The summed E-state index contributed by atoms with van der Waals surface area (Å²) in [5, 5.41) is -0.0637. The summed E-state index contributed by atoms with van der Waals surface area (Å²) in [6.07, 6.45) is 6.59. The van der Waals surface area contributed by atoms with Crippen molar-refractivity contribution in [2.45, 2.75) is 50.4 Å². The van der Waals surface area contributed by atoms with Gasteiger partial charge >= 0.3 is 0 Å². The first-order chi connectivity index (χ1) is 9.08. The minimum Gasteiger partial charge on any atom is -0.302 e. The van der Waals surface area contributed by atoms with Crippen LogP contribution in [0.15, 0.2) is 18.2 Å². The minimum absolute atomic E-state index is 0.0637. The highest BCUT2D eigenvalue weighted by Gasteiger charge is 2.20. The maximum absolute atomic E-state index is 13.3. The van der Waals surface area contributed by atoms with Gasteiger partial charge in [-0.3, -0.25) is 0 Å². The van der Waals surface area contributed by atoms with Gasteiger partial charge in [0.05, 0.1) is 5.38 Å². The Morgan fingerprint density at radius 1 is 1.32 bits per heavy atom. The molecule has 0 radical (unpaired) electrons. The molecule has 2 rings (SSSR count). The van der Waals surface area contributed by atoms with Crippen molar-refractivity contribution in [1.29, 1.82) is 0 Å². The lowest BCUT2D eigenvalue weighted by atomic mass is 9.94. The SMILES string of the molecule is Cc1cc(C(Cl)CN(C)C2CCCCC2)ccc1F. The van der Waals surface area contributed by atoms with E-state index in [1.165, 1.54) is 38.2 Å². The van der Waals surface area contributed by atoms with Crippen molar-refractivity contribution in [3.8, 4) is 0 Å². The number of rotatable bonds is 4. The second kappa shape index (κ2) is 6.71. The van der Waals surface area contributed by atoms with E-state index in [0.29, 0.717) is 11.6 Å². The fraction of sp³-hybridized carbons (Fsp3) is 0.625. The lowest BCUT2D eigenvalue weighted by Gasteiger charge is -2.32. The molecule has 1 unspecified atom stereocenters. The molecule has 1 atom stereocenters. The van der Waals surface area contributed by atoms with Crippen molar-refractivity contribution < 1.29 is 4.39 Å². The van der Waals surface area contributed by atoms with E-state index in [9.17, 15) is 4.39 Å². The fourth-order valence-electron chi connectivity index (χ4n) is 2.89. The molecule has 0 spiro atoms. The summed E-state index contributed by atoms with van der Waals surface area (Å²) in [7, 11) is 2.15. The number of alkyl halides is 1. The Balaban J connectivity index is 1.95. The van der Waals surface area contributed by atoms with Gasteiger partial charge in [0.25, 0.3) is 0 Å². The van der Waals surface area contributed by atoms with Gasteiger partial charge in [0.15, 0.2) is 0 Å². The lowest BCUT2D eigenvalue weighted by molar-refractivity contribution is 0.192. The lowest BCUT2D eigenvalue weighted by Crippen LogP contribution is -2.35. The molecule has 0 aromatic heterocycles. The van der Waals surface area contributed by atoms with E-state index >= 15 is 0 Å². The van der Waals surface area contributed by atoms with Crippen molar-refractivity contribution in [1.82, 2.24) is 4.90 Å². The van der Waals surface area contributed by atoms with Crippen LogP contribution in [0, 0.1) is 12.7 Å². The molecule has 1 nitrogen and oxygen atoms in total. The molecular formula is C16H23ClFN. The van der Waals surface area contributed by atoms with E-state index in [-0.39, 0.29) is 11.2 Å². The average molecular weight is 284 g/mol. The van der Waals surface area contributed by atoms with Gasteiger partial charge in [0, 0.05) is 12.6 Å². The van der Waals surface area contributed by atoms with Crippen LogP contribution in [0.5, 0.6) is 0 Å². The molecule has 0 N–H and O–H groups in total. The molecule has 1 fully saturated rings. The first-order valence-corrected chi connectivity index (χ1v) is 7.62. The second-order valence-electron chi connectivity index (χ2n) is 5.71. The molecule has 1 aromatic rings. The summed E-state index contributed by atoms with van der Waals surface area (Å²) in [6.45, 7) is 2.62. The summed E-state index contributed by atoms with van der Waals surface area (Å²) in [6, 6.07) is 5.84. The summed E-state index contributed by atoms with van der Waals surface area (Å²) >= 11 is 6.48.